The zero-order chi connectivity index (χ0) is 9.82. The van der Waals surface area contributed by atoms with Crippen LogP contribution in [0.15, 0.2) is 0 Å². The predicted octanol–water partition coefficient (Wildman–Crippen LogP) is 2.33. The van der Waals surface area contributed by atoms with Crippen molar-refractivity contribution in [3.63, 3.8) is 0 Å². The highest BCUT2D eigenvalue weighted by Gasteiger charge is 1.92. The van der Waals surface area contributed by atoms with Crippen LogP contribution in [0.2, 0.25) is 0 Å². The minimum atomic E-state index is 0.750. The highest BCUT2D eigenvalue weighted by molar-refractivity contribution is 5.44. The summed E-state index contributed by atoms with van der Waals surface area (Å²) in [6, 6.07) is 0. The zero-order valence-electron chi connectivity index (χ0n) is 8.97. The minimum absolute atomic E-state index is 0.750. The molecule has 0 heterocycles. The molecular weight excluding hydrogens is 150 g/mol. The van der Waals surface area contributed by atoms with Crippen LogP contribution in [-0.2, 0) is 4.79 Å². The van der Waals surface area contributed by atoms with Crippen LogP contribution in [-0.4, -0.2) is 31.3 Å². The number of aldehydes is 1. The van der Waals surface area contributed by atoms with E-state index in [1.54, 1.807) is 0 Å². The van der Waals surface area contributed by atoms with Crippen molar-refractivity contribution in [3.8, 4) is 0 Å². The van der Waals surface area contributed by atoms with Crippen molar-refractivity contribution in [2.45, 2.75) is 40.0 Å². The van der Waals surface area contributed by atoms with E-state index in [0.717, 1.165) is 6.29 Å². The summed E-state index contributed by atoms with van der Waals surface area (Å²) in [5.74, 6) is 0. The minimum Gasteiger partial charge on any atom is -0.306 e. The van der Waals surface area contributed by atoms with Crippen LogP contribution in [0, 0.1) is 0 Å². The van der Waals surface area contributed by atoms with Crippen LogP contribution in [0.25, 0.3) is 0 Å². The first-order valence-corrected chi connectivity index (χ1v) is 4.81. The zero-order valence-corrected chi connectivity index (χ0v) is 8.97. The summed E-state index contributed by atoms with van der Waals surface area (Å²) in [6.45, 7) is 8.42. The van der Waals surface area contributed by atoms with Crippen molar-refractivity contribution in [3.05, 3.63) is 0 Å². The van der Waals surface area contributed by atoms with Crippen LogP contribution < -0.4 is 0 Å². The number of hydrogen-bond acceptors (Lipinski definition) is 2. The van der Waals surface area contributed by atoms with E-state index < -0.39 is 0 Å². The fourth-order valence-corrected chi connectivity index (χ4v) is 0.922. The Morgan fingerprint density at radius 1 is 1.17 bits per heavy atom. The standard InChI is InChI=1S/C8H19N.C2H4O/c1-4-6-8-9(3)7-5-2;1-2-3/h4-8H2,1-3H3;2H,1H3. The molecule has 0 aliphatic heterocycles. The first-order valence-electron chi connectivity index (χ1n) is 4.81. The summed E-state index contributed by atoms with van der Waals surface area (Å²) in [5, 5.41) is 0. The maximum Gasteiger partial charge on any atom is 0.116 e. The molecule has 0 saturated heterocycles. The Kier molecular flexibility index (Phi) is 15.6. The summed E-state index contributed by atoms with van der Waals surface area (Å²) < 4.78 is 0. The largest absolute Gasteiger partial charge is 0.306 e. The van der Waals surface area contributed by atoms with E-state index in [-0.39, 0.29) is 0 Å². The third-order valence-electron chi connectivity index (χ3n) is 1.50. The Labute approximate surface area is 77.0 Å². The van der Waals surface area contributed by atoms with E-state index in [1.165, 1.54) is 39.3 Å². The molecule has 0 unspecified atom stereocenters. The van der Waals surface area contributed by atoms with E-state index in [9.17, 15) is 0 Å². The first-order chi connectivity index (χ1) is 5.72. The normalized spacial score (nSPS) is 9.08. The summed E-state index contributed by atoms with van der Waals surface area (Å²) in [4.78, 5) is 11.2. The lowest BCUT2D eigenvalue weighted by Gasteiger charge is -2.13. The van der Waals surface area contributed by atoms with Gasteiger partial charge in [0.15, 0.2) is 0 Å². The SMILES string of the molecule is CC=O.CCCCN(C)CCC. The number of unbranched alkanes of at least 4 members (excludes halogenated alkanes) is 1. The van der Waals surface area contributed by atoms with Gasteiger partial charge in [0, 0.05) is 0 Å². The Balaban J connectivity index is 0. The number of carbonyl (C=O) groups is 1. The molecule has 0 aliphatic rings. The number of nitrogens with zero attached hydrogens (tertiary/aromatic N) is 1. The van der Waals surface area contributed by atoms with Gasteiger partial charge in [-0.15, -0.1) is 0 Å². The maximum atomic E-state index is 8.81. The Bertz CT molecular complexity index is 83.9. The van der Waals surface area contributed by atoms with Gasteiger partial charge in [-0.2, -0.15) is 0 Å². The van der Waals surface area contributed by atoms with E-state index >= 15 is 0 Å². The van der Waals surface area contributed by atoms with Gasteiger partial charge in [-0.3, -0.25) is 0 Å². The fraction of sp³-hybridized carbons (Fsp3) is 0.900. The van der Waals surface area contributed by atoms with Crippen LogP contribution in [0.5, 0.6) is 0 Å². The smallest absolute Gasteiger partial charge is 0.116 e. The second-order valence-electron chi connectivity index (χ2n) is 2.89. The van der Waals surface area contributed by atoms with Crippen LogP contribution >= 0.6 is 0 Å². The molecule has 2 heteroatoms. The number of hydrogen-bond donors (Lipinski definition) is 0. The first kappa shape index (κ1) is 14.2. The van der Waals surface area contributed by atoms with Crippen LogP contribution in [0.3, 0.4) is 0 Å². The molecule has 74 valence electrons. The van der Waals surface area contributed by atoms with E-state index in [0.29, 0.717) is 0 Å². The molecule has 0 bridgehead atoms. The van der Waals surface area contributed by atoms with Crippen molar-refractivity contribution in [2.75, 3.05) is 20.1 Å². The molecule has 0 aromatic carbocycles. The van der Waals surface area contributed by atoms with Gasteiger partial charge < -0.3 is 9.69 Å². The average Bonchev–Trinajstić information content (AvgIpc) is 2.03. The number of carbonyl (C=O) groups excluding carboxylic acids is 1. The van der Waals surface area contributed by atoms with Crippen LogP contribution in [0.4, 0.5) is 0 Å². The summed E-state index contributed by atoms with van der Waals surface area (Å²) in [6.07, 6.45) is 4.69. The lowest BCUT2D eigenvalue weighted by Crippen LogP contribution is -2.19. The van der Waals surface area contributed by atoms with Gasteiger partial charge in [-0.05, 0) is 39.9 Å². The highest BCUT2D eigenvalue weighted by Crippen LogP contribution is 1.91. The van der Waals surface area contributed by atoms with E-state index in [2.05, 4.69) is 25.8 Å². The predicted molar refractivity (Wildman–Crippen MR) is 54.4 cm³/mol. The van der Waals surface area contributed by atoms with Gasteiger partial charge in [-0.1, -0.05) is 20.3 Å². The highest BCUT2D eigenvalue weighted by atomic mass is 16.1. The Morgan fingerprint density at radius 3 is 2.00 bits per heavy atom. The quantitative estimate of drug-likeness (QED) is 0.595. The molecule has 0 radical (unpaired) electrons. The molecular formula is C10H23NO. The van der Waals surface area contributed by atoms with Crippen molar-refractivity contribution in [1.29, 1.82) is 0 Å². The molecule has 0 aromatic rings. The van der Waals surface area contributed by atoms with Crippen molar-refractivity contribution in [1.82, 2.24) is 4.90 Å². The Hall–Kier alpha value is -0.370. The molecule has 0 rings (SSSR count). The summed E-state index contributed by atoms with van der Waals surface area (Å²) in [7, 11) is 2.19. The van der Waals surface area contributed by atoms with E-state index in [1.807, 2.05) is 0 Å². The second-order valence-corrected chi connectivity index (χ2v) is 2.89. The fourth-order valence-electron chi connectivity index (χ4n) is 0.922. The van der Waals surface area contributed by atoms with Gasteiger partial charge in [0.1, 0.15) is 6.29 Å². The third-order valence-corrected chi connectivity index (χ3v) is 1.50. The summed E-state index contributed by atoms with van der Waals surface area (Å²) in [5.41, 5.74) is 0. The molecule has 0 aromatic heterocycles. The third kappa shape index (κ3) is 16.3. The lowest BCUT2D eigenvalue weighted by atomic mass is 10.3. The summed E-state index contributed by atoms with van der Waals surface area (Å²) >= 11 is 0. The molecule has 0 fully saturated rings. The van der Waals surface area contributed by atoms with Crippen molar-refractivity contribution < 1.29 is 4.79 Å². The monoisotopic (exact) mass is 173 g/mol. The van der Waals surface area contributed by atoms with Gasteiger partial charge in [0.2, 0.25) is 0 Å². The van der Waals surface area contributed by atoms with Gasteiger partial charge >= 0.3 is 0 Å². The second kappa shape index (κ2) is 13.2. The molecule has 0 atom stereocenters. The molecule has 0 spiro atoms. The average molecular weight is 173 g/mol. The van der Waals surface area contributed by atoms with E-state index in [4.69, 9.17) is 4.79 Å². The molecule has 0 amide bonds. The number of rotatable bonds is 5. The maximum absolute atomic E-state index is 8.81. The lowest BCUT2D eigenvalue weighted by molar-refractivity contribution is -0.106. The molecule has 0 N–H and O–H groups in total. The molecule has 2 nitrogen and oxygen atoms in total. The molecule has 0 aliphatic carbocycles. The topological polar surface area (TPSA) is 20.3 Å². The van der Waals surface area contributed by atoms with Crippen molar-refractivity contribution in [2.24, 2.45) is 0 Å². The van der Waals surface area contributed by atoms with Crippen molar-refractivity contribution >= 4 is 6.29 Å². The van der Waals surface area contributed by atoms with Crippen LogP contribution in [0.1, 0.15) is 40.0 Å². The molecule has 0 saturated carbocycles. The molecule has 12 heavy (non-hydrogen) atoms. The van der Waals surface area contributed by atoms with Gasteiger partial charge in [-0.25, -0.2) is 0 Å². The van der Waals surface area contributed by atoms with Gasteiger partial charge in [0.25, 0.3) is 0 Å². The Morgan fingerprint density at radius 2 is 1.67 bits per heavy atom. The van der Waals surface area contributed by atoms with Gasteiger partial charge in [0.05, 0.1) is 0 Å².